The predicted molar refractivity (Wildman–Crippen MR) is 71.9 cm³/mol. The Morgan fingerprint density at radius 1 is 1.16 bits per heavy atom. The van der Waals surface area contributed by atoms with Crippen LogP contribution in [-0.4, -0.2) is 9.55 Å². The van der Waals surface area contributed by atoms with Crippen LogP contribution < -0.4 is 17.0 Å². The number of nitrogen functional groups attached to an aromatic ring is 1. The quantitative estimate of drug-likeness (QED) is 0.681. The minimum atomic E-state index is -0.419. The van der Waals surface area contributed by atoms with Gasteiger partial charge in [0.1, 0.15) is 5.82 Å². The summed E-state index contributed by atoms with van der Waals surface area (Å²) in [6, 6.07) is 8.39. The number of nitrogens with two attached hydrogens (primary N) is 1. The second-order valence-electron chi connectivity index (χ2n) is 4.30. The SMILES string of the molecule is Cn1c(=O)oc2cc(-c3cc(N)[nH]c(=O)c3)ccc21. The maximum atomic E-state index is 11.4. The largest absolute Gasteiger partial charge is 0.419 e. The summed E-state index contributed by atoms with van der Waals surface area (Å²) in [6.45, 7) is 0. The molecule has 19 heavy (non-hydrogen) atoms. The van der Waals surface area contributed by atoms with Gasteiger partial charge in [0.05, 0.1) is 5.52 Å². The molecule has 0 aliphatic heterocycles. The normalized spacial score (nSPS) is 11.0. The Labute approximate surface area is 107 Å². The Balaban J connectivity index is 2.25. The van der Waals surface area contributed by atoms with Crippen LogP contribution in [0.25, 0.3) is 22.2 Å². The fourth-order valence-electron chi connectivity index (χ4n) is 2.04. The number of aromatic nitrogens is 2. The zero-order chi connectivity index (χ0) is 13.6. The molecule has 2 aromatic heterocycles. The summed E-state index contributed by atoms with van der Waals surface area (Å²) in [7, 11) is 1.64. The molecule has 96 valence electrons. The molecule has 3 aromatic rings. The lowest BCUT2D eigenvalue weighted by atomic mass is 10.1. The van der Waals surface area contributed by atoms with Gasteiger partial charge in [0, 0.05) is 13.1 Å². The number of hydrogen-bond donors (Lipinski definition) is 2. The number of hydrogen-bond acceptors (Lipinski definition) is 4. The molecule has 0 spiro atoms. The highest BCUT2D eigenvalue weighted by molar-refractivity contribution is 5.80. The molecule has 6 nitrogen and oxygen atoms in total. The maximum Gasteiger partial charge on any atom is 0.419 e. The molecule has 0 amide bonds. The van der Waals surface area contributed by atoms with Gasteiger partial charge in [0.25, 0.3) is 0 Å². The van der Waals surface area contributed by atoms with Crippen molar-refractivity contribution < 1.29 is 4.42 Å². The van der Waals surface area contributed by atoms with Crippen LogP contribution in [0.5, 0.6) is 0 Å². The molecule has 0 bridgehead atoms. The molecule has 2 heterocycles. The number of nitrogens with zero attached hydrogens (tertiary/aromatic N) is 1. The highest BCUT2D eigenvalue weighted by Gasteiger charge is 2.08. The molecule has 1 aromatic carbocycles. The molecule has 3 N–H and O–H groups in total. The summed E-state index contributed by atoms with van der Waals surface area (Å²) >= 11 is 0. The van der Waals surface area contributed by atoms with Crippen molar-refractivity contribution in [3.8, 4) is 11.1 Å². The molecule has 0 saturated heterocycles. The number of rotatable bonds is 1. The van der Waals surface area contributed by atoms with Crippen LogP contribution in [0.1, 0.15) is 0 Å². The summed E-state index contributed by atoms with van der Waals surface area (Å²) in [6.07, 6.45) is 0. The van der Waals surface area contributed by atoms with Crippen molar-refractivity contribution in [1.29, 1.82) is 0 Å². The first-order chi connectivity index (χ1) is 9.04. The Kier molecular flexibility index (Phi) is 2.31. The number of nitrogens with one attached hydrogen (secondary N) is 1. The lowest BCUT2D eigenvalue weighted by Crippen LogP contribution is -2.08. The Morgan fingerprint density at radius 3 is 2.68 bits per heavy atom. The number of aromatic amines is 1. The number of aryl methyl sites for hydroxylation is 1. The van der Waals surface area contributed by atoms with E-state index in [1.165, 1.54) is 10.6 Å². The van der Waals surface area contributed by atoms with E-state index >= 15 is 0 Å². The van der Waals surface area contributed by atoms with Gasteiger partial charge in [-0.15, -0.1) is 0 Å². The predicted octanol–water partition coefficient (Wildman–Crippen LogP) is 1.07. The van der Waals surface area contributed by atoms with Gasteiger partial charge in [-0.2, -0.15) is 0 Å². The number of fused-ring (bicyclic) bond motifs is 1. The molecular weight excluding hydrogens is 246 g/mol. The van der Waals surface area contributed by atoms with Gasteiger partial charge in [-0.25, -0.2) is 4.79 Å². The van der Waals surface area contributed by atoms with Crippen LogP contribution in [0.3, 0.4) is 0 Å². The van der Waals surface area contributed by atoms with Crippen molar-refractivity contribution in [2.45, 2.75) is 0 Å². The molecule has 0 saturated carbocycles. The van der Waals surface area contributed by atoms with Crippen molar-refractivity contribution in [2.75, 3.05) is 5.73 Å². The molecule has 6 heteroatoms. The van der Waals surface area contributed by atoms with Crippen molar-refractivity contribution in [1.82, 2.24) is 9.55 Å². The van der Waals surface area contributed by atoms with Crippen LogP contribution in [-0.2, 0) is 7.05 Å². The Bertz CT molecular complexity index is 886. The molecule has 0 fully saturated rings. The maximum absolute atomic E-state index is 11.4. The number of anilines is 1. The first-order valence-corrected chi connectivity index (χ1v) is 5.64. The highest BCUT2D eigenvalue weighted by atomic mass is 16.4. The molecule has 0 unspecified atom stereocenters. The highest BCUT2D eigenvalue weighted by Crippen LogP contribution is 2.23. The topological polar surface area (TPSA) is 94.0 Å². The second kappa shape index (κ2) is 3.88. The van der Waals surface area contributed by atoms with Crippen LogP contribution in [0, 0.1) is 0 Å². The average Bonchev–Trinajstić information content (AvgIpc) is 2.63. The lowest BCUT2D eigenvalue weighted by Gasteiger charge is -2.02. The van der Waals surface area contributed by atoms with Gasteiger partial charge in [-0.3, -0.25) is 9.36 Å². The van der Waals surface area contributed by atoms with Gasteiger partial charge in [-0.05, 0) is 29.3 Å². The van der Waals surface area contributed by atoms with Gasteiger partial charge < -0.3 is 15.1 Å². The smallest absolute Gasteiger partial charge is 0.408 e. The molecule has 0 radical (unpaired) electrons. The second-order valence-corrected chi connectivity index (χ2v) is 4.30. The summed E-state index contributed by atoms with van der Waals surface area (Å²) in [5, 5.41) is 0. The molecule has 3 rings (SSSR count). The molecular formula is C13H11N3O3. The first-order valence-electron chi connectivity index (χ1n) is 5.64. The summed E-state index contributed by atoms with van der Waals surface area (Å²) in [4.78, 5) is 25.3. The van der Waals surface area contributed by atoms with E-state index in [1.807, 2.05) is 6.07 Å². The third kappa shape index (κ3) is 1.83. The first kappa shape index (κ1) is 11.3. The van der Waals surface area contributed by atoms with Crippen molar-refractivity contribution >= 4 is 16.9 Å². The van der Waals surface area contributed by atoms with E-state index in [0.717, 1.165) is 5.56 Å². The van der Waals surface area contributed by atoms with E-state index in [0.29, 0.717) is 16.7 Å². The van der Waals surface area contributed by atoms with E-state index in [-0.39, 0.29) is 11.4 Å². The van der Waals surface area contributed by atoms with Crippen LogP contribution in [0.15, 0.2) is 44.3 Å². The third-order valence-electron chi connectivity index (χ3n) is 2.99. The summed E-state index contributed by atoms with van der Waals surface area (Å²) in [5.41, 5.74) is 7.95. The standard InChI is InChI=1S/C13H11N3O3/c1-16-9-3-2-7(4-10(9)19-13(16)18)8-5-11(14)15-12(17)6-8/h2-6H,1H3,(H3,14,15,17). The minimum Gasteiger partial charge on any atom is -0.408 e. The minimum absolute atomic E-state index is 0.274. The fourth-order valence-corrected chi connectivity index (χ4v) is 2.04. The number of oxazole rings is 1. The lowest BCUT2D eigenvalue weighted by molar-refractivity contribution is 0.528. The zero-order valence-electron chi connectivity index (χ0n) is 10.1. The molecule has 0 aliphatic carbocycles. The molecule has 0 atom stereocenters. The van der Waals surface area contributed by atoms with Gasteiger partial charge >= 0.3 is 5.76 Å². The van der Waals surface area contributed by atoms with Crippen molar-refractivity contribution in [3.05, 3.63) is 51.2 Å². The van der Waals surface area contributed by atoms with Gasteiger partial charge in [-0.1, -0.05) is 6.07 Å². The van der Waals surface area contributed by atoms with E-state index in [2.05, 4.69) is 4.98 Å². The van der Waals surface area contributed by atoms with E-state index in [9.17, 15) is 9.59 Å². The monoisotopic (exact) mass is 257 g/mol. The van der Waals surface area contributed by atoms with Crippen LogP contribution in [0.2, 0.25) is 0 Å². The molecule has 0 aliphatic rings. The number of H-pyrrole nitrogens is 1. The fraction of sp³-hybridized carbons (Fsp3) is 0.0769. The van der Waals surface area contributed by atoms with E-state index in [4.69, 9.17) is 10.2 Å². The van der Waals surface area contributed by atoms with Crippen LogP contribution in [0.4, 0.5) is 5.82 Å². The summed E-state index contributed by atoms with van der Waals surface area (Å²) < 4.78 is 6.53. The van der Waals surface area contributed by atoms with Gasteiger partial charge in [0.2, 0.25) is 5.56 Å². The average molecular weight is 257 g/mol. The van der Waals surface area contributed by atoms with Crippen molar-refractivity contribution in [3.63, 3.8) is 0 Å². The number of benzene rings is 1. The van der Waals surface area contributed by atoms with E-state index in [1.54, 1.807) is 25.2 Å². The number of pyridine rings is 1. The Hall–Kier alpha value is -2.76. The summed E-state index contributed by atoms with van der Waals surface area (Å²) in [5.74, 6) is -0.130. The van der Waals surface area contributed by atoms with Crippen molar-refractivity contribution in [2.24, 2.45) is 7.05 Å². The zero-order valence-corrected chi connectivity index (χ0v) is 10.1. The van der Waals surface area contributed by atoms with Crippen LogP contribution >= 0.6 is 0 Å². The Morgan fingerprint density at radius 2 is 1.95 bits per heavy atom. The third-order valence-corrected chi connectivity index (χ3v) is 2.99. The van der Waals surface area contributed by atoms with Gasteiger partial charge in [0.15, 0.2) is 5.58 Å². The van der Waals surface area contributed by atoms with E-state index < -0.39 is 5.76 Å².